The van der Waals surface area contributed by atoms with Gasteiger partial charge in [-0.1, -0.05) is 18.2 Å². The molecule has 2 rings (SSSR count). The van der Waals surface area contributed by atoms with Crippen LogP contribution in [-0.4, -0.2) is 32.6 Å². The molecule has 0 spiro atoms. The second-order valence-corrected chi connectivity index (χ2v) is 5.19. The van der Waals surface area contributed by atoms with Crippen molar-refractivity contribution in [2.75, 3.05) is 30.9 Å². The minimum Gasteiger partial charge on any atom is -0.469 e. The smallest absolute Gasteiger partial charge is 0.307 e. The number of rotatable bonds is 7. The molecule has 7 heteroatoms. The molecule has 0 saturated carbocycles. The number of anilines is 2. The van der Waals surface area contributed by atoms with Crippen LogP contribution in [0.3, 0.4) is 0 Å². The normalized spacial score (nSPS) is 10.0. The second-order valence-electron chi connectivity index (χ2n) is 5.19. The number of nitrogens with zero attached hydrogens (tertiary/aromatic N) is 2. The summed E-state index contributed by atoms with van der Waals surface area (Å²) in [7, 11) is 2.97. The summed E-state index contributed by atoms with van der Waals surface area (Å²) in [6.07, 6.45) is 0.0600. The quantitative estimate of drug-likeness (QED) is 0.616. The van der Waals surface area contributed by atoms with Crippen molar-refractivity contribution in [3.8, 4) is 0 Å². The molecule has 25 heavy (non-hydrogen) atoms. The highest BCUT2D eigenvalue weighted by Crippen LogP contribution is 2.27. The predicted octanol–water partition coefficient (Wildman–Crippen LogP) is 3.34. The maximum Gasteiger partial charge on any atom is 0.307 e. The molecule has 1 N–H and O–H groups in total. The highest BCUT2D eigenvalue weighted by Gasteiger charge is 2.20. The fraction of sp³-hybridized carbons (Fsp3) is 0.222. The number of hydrogen-bond donors (Lipinski definition) is 1. The zero-order valence-corrected chi connectivity index (χ0v) is 14.1. The van der Waals surface area contributed by atoms with Gasteiger partial charge in [0.1, 0.15) is 5.69 Å². The van der Waals surface area contributed by atoms with E-state index < -0.39 is 5.97 Å². The largest absolute Gasteiger partial charge is 0.469 e. The topological polar surface area (TPSA) is 88.1 Å². The van der Waals surface area contributed by atoms with Gasteiger partial charge in [0.2, 0.25) is 0 Å². The molecule has 0 aliphatic heterocycles. The predicted molar refractivity (Wildman–Crippen MR) is 96.2 cm³/mol. The number of amides is 1. The maximum atomic E-state index is 12.9. The van der Waals surface area contributed by atoms with E-state index >= 15 is 0 Å². The molecule has 0 aromatic heterocycles. The van der Waals surface area contributed by atoms with E-state index in [2.05, 4.69) is 15.2 Å². The van der Waals surface area contributed by atoms with Gasteiger partial charge in [0, 0.05) is 24.8 Å². The lowest BCUT2D eigenvalue weighted by atomic mass is 10.1. The van der Waals surface area contributed by atoms with E-state index in [1.807, 2.05) is 6.07 Å². The van der Waals surface area contributed by atoms with Gasteiger partial charge in [-0.05, 0) is 35.5 Å². The van der Waals surface area contributed by atoms with Gasteiger partial charge in [0.05, 0.1) is 19.2 Å². The molecule has 0 bridgehead atoms. The Bertz CT molecular complexity index is 762. The maximum absolute atomic E-state index is 12.9. The fourth-order valence-corrected chi connectivity index (χ4v) is 2.37. The summed E-state index contributed by atoms with van der Waals surface area (Å²) in [6.45, 7) is 0.160. The standard InChI is InChI=1S/C18H19N3O4/c1-19-15-9-8-13(12-16(15)20-24)18(23)21(11-10-17(22)25-2)14-6-4-3-5-7-14/h3-9,12,19H,10-11H2,1-2H3. The van der Waals surface area contributed by atoms with Crippen LogP contribution in [0.25, 0.3) is 0 Å². The van der Waals surface area contributed by atoms with Crippen molar-refractivity contribution in [1.29, 1.82) is 0 Å². The molecular formula is C18H19N3O4. The molecule has 0 unspecified atom stereocenters. The first-order chi connectivity index (χ1) is 12.1. The first-order valence-electron chi connectivity index (χ1n) is 7.69. The van der Waals surface area contributed by atoms with Crippen LogP contribution in [0, 0.1) is 4.91 Å². The first kappa shape index (κ1) is 18.1. The Morgan fingerprint density at radius 3 is 2.48 bits per heavy atom. The summed E-state index contributed by atoms with van der Waals surface area (Å²) < 4.78 is 4.65. The number of nitroso groups, excluding NO2 is 1. The molecule has 0 aliphatic rings. The summed E-state index contributed by atoms with van der Waals surface area (Å²) >= 11 is 0. The van der Waals surface area contributed by atoms with Crippen molar-refractivity contribution in [1.82, 2.24) is 0 Å². The highest BCUT2D eigenvalue weighted by molar-refractivity contribution is 6.07. The minimum atomic E-state index is -0.408. The van der Waals surface area contributed by atoms with Crippen molar-refractivity contribution < 1.29 is 14.3 Å². The molecule has 2 aromatic carbocycles. The Labute approximate surface area is 145 Å². The van der Waals surface area contributed by atoms with E-state index in [1.165, 1.54) is 18.1 Å². The van der Waals surface area contributed by atoms with Gasteiger partial charge in [0.25, 0.3) is 5.91 Å². The number of hydrogen-bond acceptors (Lipinski definition) is 6. The first-order valence-corrected chi connectivity index (χ1v) is 7.69. The number of benzene rings is 2. The van der Waals surface area contributed by atoms with E-state index in [0.717, 1.165) is 0 Å². The summed E-state index contributed by atoms with van der Waals surface area (Å²) in [5.74, 6) is -0.739. The van der Waals surface area contributed by atoms with Crippen LogP contribution < -0.4 is 10.2 Å². The number of ether oxygens (including phenoxy) is 1. The number of esters is 1. The Balaban J connectivity index is 2.34. The molecule has 1 amide bonds. The van der Waals surface area contributed by atoms with Gasteiger partial charge in [-0.3, -0.25) is 9.59 Å². The SMILES string of the molecule is CNc1ccc(C(=O)N(CCC(=O)OC)c2ccccc2)cc1N=O. The van der Waals surface area contributed by atoms with Gasteiger partial charge in [-0.25, -0.2) is 0 Å². The van der Waals surface area contributed by atoms with E-state index in [0.29, 0.717) is 16.9 Å². The molecule has 0 saturated heterocycles. The molecule has 0 heterocycles. The van der Waals surface area contributed by atoms with Gasteiger partial charge in [-0.2, -0.15) is 0 Å². The number of nitrogens with one attached hydrogen (secondary N) is 1. The minimum absolute atomic E-state index is 0.0600. The second kappa shape index (κ2) is 8.58. The van der Waals surface area contributed by atoms with E-state index in [4.69, 9.17) is 0 Å². The Hall–Kier alpha value is -3.22. The van der Waals surface area contributed by atoms with E-state index in [-0.39, 0.29) is 24.6 Å². The zero-order chi connectivity index (χ0) is 18.2. The van der Waals surface area contributed by atoms with Crippen molar-refractivity contribution in [3.05, 3.63) is 59.0 Å². The Morgan fingerprint density at radius 2 is 1.88 bits per heavy atom. The van der Waals surface area contributed by atoms with Crippen LogP contribution in [0.5, 0.6) is 0 Å². The highest BCUT2D eigenvalue weighted by atomic mass is 16.5. The Morgan fingerprint density at radius 1 is 1.16 bits per heavy atom. The fourth-order valence-electron chi connectivity index (χ4n) is 2.37. The number of methoxy groups -OCH3 is 1. The Kier molecular flexibility index (Phi) is 6.22. The lowest BCUT2D eigenvalue weighted by Crippen LogP contribution is -2.33. The number of carbonyl (C=O) groups excluding carboxylic acids is 2. The molecule has 130 valence electrons. The lowest BCUT2D eigenvalue weighted by Gasteiger charge is -2.22. The molecule has 0 fully saturated rings. The monoisotopic (exact) mass is 341 g/mol. The molecule has 0 aliphatic carbocycles. The number of para-hydroxylation sites is 1. The lowest BCUT2D eigenvalue weighted by molar-refractivity contribution is -0.140. The van der Waals surface area contributed by atoms with Crippen molar-refractivity contribution in [3.63, 3.8) is 0 Å². The van der Waals surface area contributed by atoms with Crippen LogP contribution in [-0.2, 0) is 9.53 Å². The molecular weight excluding hydrogens is 322 g/mol. The summed E-state index contributed by atoms with van der Waals surface area (Å²) in [5, 5.41) is 5.79. The summed E-state index contributed by atoms with van der Waals surface area (Å²) in [4.78, 5) is 36.8. The zero-order valence-electron chi connectivity index (χ0n) is 14.1. The van der Waals surface area contributed by atoms with Crippen LogP contribution in [0.4, 0.5) is 17.1 Å². The molecule has 0 atom stereocenters. The van der Waals surface area contributed by atoms with Crippen LogP contribution >= 0.6 is 0 Å². The third-order valence-electron chi connectivity index (χ3n) is 3.69. The average molecular weight is 341 g/mol. The van der Waals surface area contributed by atoms with Crippen LogP contribution in [0.1, 0.15) is 16.8 Å². The van der Waals surface area contributed by atoms with Crippen molar-refractivity contribution in [2.45, 2.75) is 6.42 Å². The summed E-state index contributed by atoms with van der Waals surface area (Å²) in [5.41, 5.74) is 1.64. The van der Waals surface area contributed by atoms with Gasteiger partial charge in [-0.15, -0.1) is 4.91 Å². The molecule has 0 radical (unpaired) electrons. The van der Waals surface area contributed by atoms with Gasteiger partial charge < -0.3 is 15.0 Å². The van der Waals surface area contributed by atoms with Gasteiger partial charge in [0.15, 0.2) is 0 Å². The van der Waals surface area contributed by atoms with Crippen molar-refractivity contribution >= 4 is 28.9 Å². The van der Waals surface area contributed by atoms with Crippen LogP contribution in [0.2, 0.25) is 0 Å². The van der Waals surface area contributed by atoms with Crippen LogP contribution in [0.15, 0.2) is 53.7 Å². The molecule has 2 aromatic rings. The molecule has 7 nitrogen and oxygen atoms in total. The van der Waals surface area contributed by atoms with Crippen molar-refractivity contribution in [2.24, 2.45) is 5.18 Å². The van der Waals surface area contributed by atoms with Gasteiger partial charge >= 0.3 is 5.97 Å². The average Bonchev–Trinajstić information content (AvgIpc) is 2.67. The third kappa shape index (κ3) is 4.41. The van der Waals surface area contributed by atoms with E-state index in [1.54, 1.807) is 43.4 Å². The third-order valence-corrected chi connectivity index (χ3v) is 3.69. The summed E-state index contributed by atoms with van der Waals surface area (Å²) in [6, 6.07) is 13.6. The number of carbonyl (C=O) groups is 2. The van der Waals surface area contributed by atoms with E-state index in [9.17, 15) is 14.5 Å².